The molecule has 0 spiro atoms. The molecule has 1 saturated heterocycles. The molecular weight excluding hydrogens is 432 g/mol. The van der Waals surface area contributed by atoms with E-state index in [1.165, 1.54) is 5.56 Å². The van der Waals surface area contributed by atoms with Crippen LogP contribution in [0.5, 0.6) is 0 Å². The third-order valence-electron chi connectivity index (χ3n) is 6.05. The average Bonchev–Trinajstić information content (AvgIpc) is 2.85. The smallest absolute Gasteiger partial charge is 0.243 e. The van der Waals surface area contributed by atoms with Gasteiger partial charge in [0.1, 0.15) is 0 Å². The second-order valence-corrected chi connectivity index (χ2v) is 10.4. The Kier molecular flexibility index (Phi) is 7.57. The van der Waals surface area contributed by atoms with Crippen molar-refractivity contribution in [1.29, 1.82) is 0 Å². The summed E-state index contributed by atoms with van der Waals surface area (Å²) >= 11 is 0. The molecule has 1 fully saturated rings. The van der Waals surface area contributed by atoms with E-state index in [0.29, 0.717) is 30.8 Å². The molecule has 1 aliphatic rings. The molecule has 0 aromatic heterocycles. The largest absolute Gasteiger partial charge is 0.326 e. The molecule has 4 rings (SSSR count). The van der Waals surface area contributed by atoms with Gasteiger partial charge in [0.05, 0.1) is 4.90 Å². The quantitative estimate of drug-likeness (QED) is 0.511. The van der Waals surface area contributed by atoms with E-state index >= 15 is 0 Å². The fraction of sp³-hybridized carbons (Fsp3) is 0.296. The number of carbonyl (C=O) groups is 1. The van der Waals surface area contributed by atoms with Crippen LogP contribution >= 0.6 is 0 Å². The number of nitrogens with zero attached hydrogens (tertiary/aromatic N) is 1. The first-order chi connectivity index (χ1) is 16.0. The van der Waals surface area contributed by atoms with Crippen molar-refractivity contribution in [3.05, 3.63) is 95.6 Å². The molecule has 33 heavy (non-hydrogen) atoms. The van der Waals surface area contributed by atoms with E-state index in [9.17, 15) is 13.2 Å². The third kappa shape index (κ3) is 6.09. The third-order valence-corrected chi connectivity index (χ3v) is 7.96. The highest BCUT2D eigenvalue weighted by atomic mass is 32.2. The van der Waals surface area contributed by atoms with Crippen molar-refractivity contribution in [1.82, 2.24) is 4.31 Å². The van der Waals surface area contributed by atoms with Gasteiger partial charge in [0.25, 0.3) is 0 Å². The molecule has 1 amide bonds. The SMILES string of the molecule is O=C(CCc1ccc(S(=O)(=O)N2CCCCC2)cc1)Nc1ccccc1Cc1ccccc1. The van der Waals surface area contributed by atoms with Crippen LogP contribution in [0.4, 0.5) is 5.69 Å². The molecule has 3 aromatic carbocycles. The predicted octanol–water partition coefficient (Wildman–Crippen LogP) is 5.02. The molecule has 1 aliphatic heterocycles. The van der Waals surface area contributed by atoms with Gasteiger partial charge in [-0.2, -0.15) is 4.31 Å². The summed E-state index contributed by atoms with van der Waals surface area (Å²) in [6, 6.07) is 25.0. The van der Waals surface area contributed by atoms with Gasteiger partial charge in [0, 0.05) is 25.2 Å². The number of hydrogen-bond donors (Lipinski definition) is 1. The van der Waals surface area contributed by atoms with E-state index in [-0.39, 0.29) is 5.91 Å². The molecule has 6 heteroatoms. The first-order valence-electron chi connectivity index (χ1n) is 11.5. The zero-order valence-corrected chi connectivity index (χ0v) is 19.6. The topological polar surface area (TPSA) is 66.5 Å². The zero-order valence-electron chi connectivity index (χ0n) is 18.7. The van der Waals surface area contributed by atoms with E-state index in [2.05, 4.69) is 17.4 Å². The number of anilines is 1. The minimum absolute atomic E-state index is 0.0551. The molecule has 0 aliphatic carbocycles. The molecular formula is C27H30N2O3S. The van der Waals surface area contributed by atoms with E-state index in [4.69, 9.17) is 0 Å². The summed E-state index contributed by atoms with van der Waals surface area (Å²) in [5, 5.41) is 3.04. The van der Waals surface area contributed by atoms with Crippen molar-refractivity contribution in [2.24, 2.45) is 0 Å². The molecule has 3 aromatic rings. The molecule has 0 unspecified atom stereocenters. The molecule has 0 saturated carbocycles. The fourth-order valence-corrected chi connectivity index (χ4v) is 5.68. The number of nitrogens with one attached hydrogen (secondary N) is 1. The van der Waals surface area contributed by atoms with Gasteiger partial charge in [0.15, 0.2) is 0 Å². The summed E-state index contributed by atoms with van der Waals surface area (Å²) in [5.74, 6) is -0.0551. The predicted molar refractivity (Wildman–Crippen MR) is 132 cm³/mol. The Balaban J connectivity index is 1.34. The number of aryl methyl sites for hydroxylation is 1. The molecule has 172 valence electrons. The van der Waals surface area contributed by atoms with Crippen LogP contribution in [0.25, 0.3) is 0 Å². The number of para-hydroxylation sites is 1. The maximum Gasteiger partial charge on any atom is 0.243 e. The summed E-state index contributed by atoms with van der Waals surface area (Å²) in [6.45, 7) is 1.19. The lowest BCUT2D eigenvalue weighted by Crippen LogP contribution is -2.35. The van der Waals surface area contributed by atoms with Gasteiger partial charge in [-0.25, -0.2) is 8.42 Å². The van der Waals surface area contributed by atoms with E-state index in [1.54, 1.807) is 16.4 Å². The fourth-order valence-electron chi connectivity index (χ4n) is 4.17. The second kappa shape index (κ2) is 10.8. The number of carbonyl (C=O) groups excluding carboxylic acids is 1. The van der Waals surface area contributed by atoms with Gasteiger partial charge < -0.3 is 5.32 Å². The van der Waals surface area contributed by atoms with Gasteiger partial charge in [-0.05, 0) is 60.6 Å². The Morgan fingerprint density at radius 3 is 2.18 bits per heavy atom. The van der Waals surface area contributed by atoms with Crippen LogP contribution < -0.4 is 5.32 Å². The van der Waals surface area contributed by atoms with Crippen LogP contribution in [0.3, 0.4) is 0 Å². The number of benzene rings is 3. The van der Waals surface area contributed by atoms with Crippen LogP contribution in [-0.2, 0) is 27.7 Å². The van der Waals surface area contributed by atoms with Crippen molar-refractivity contribution in [3.8, 4) is 0 Å². The van der Waals surface area contributed by atoms with Crippen LogP contribution in [0.2, 0.25) is 0 Å². The average molecular weight is 463 g/mol. The Labute approximate surface area is 196 Å². The molecule has 0 radical (unpaired) electrons. The summed E-state index contributed by atoms with van der Waals surface area (Å²) in [4.78, 5) is 12.9. The van der Waals surface area contributed by atoms with Gasteiger partial charge >= 0.3 is 0 Å². The minimum Gasteiger partial charge on any atom is -0.326 e. The van der Waals surface area contributed by atoms with Gasteiger partial charge in [-0.1, -0.05) is 67.1 Å². The monoisotopic (exact) mass is 462 g/mol. The summed E-state index contributed by atoms with van der Waals surface area (Å²) in [6.07, 6.45) is 4.56. The highest BCUT2D eigenvalue weighted by Crippen LogP contribution is 2.22. The molecule has 1 N–H and O–H groups in total. The summed E-state index contributed by atoms with van der Waals surface area (Å²) in [5.41, 5.74) is 4.04. The van der Waals surface area contributed by atoms with E-state index in [0.717, 1.165) is 42.5 Å². The first kappa shape index (κ1) is 23.2. The number of amides is 1. The highest BCUT2D eigenvalue weighted by molar-refractivity contribution is 7.89. The van der Waals surface area contributed by atoms with Crippen molar-refractivity contribution in [2.75, 3.05) is 18.4 Å². The van der Waals surface area contributed by atoms with Crippen LogP contribution in [0.1, 0.15) is 42.4 Å². The second-order valence-electron chi connectivity index (χ2n) is 8.48. The van der Waals surface area contributed by atoms with Crippen LogP contribution in [-0.4, -0.2) is 31.7 Å². The molecule has 1 heterocycles. The number of hydrogen-bond acceptors (Lipinski definition) is 3. The minimum atomic E-state index is -3.43. The number of sulfonamides is 1. The highest BCUT2D eigenvalue weighted by Gasteiger charge is 2.25. The first-order valence-corrected chi connectivity index (χ1v) is 13.0. The lowest BCUT2D eigenvalue weighted by Gasteiger charge is -2.25. The van der Waals surface area contributed by atoms with Gasteiger partial charge in [0.2, 0.25) is 15.9 Å². The molecule has 0 bridgehead atoms. The normalized spacial score (nSPS) is 14.7. The Morgan fingerprint density at radius 2 is 1.45 bits per heavy atom. The Hall–Kier alpha value is -2.96. The lowest BCUT2D eigenvalue weighted by atomic mass is 10.0. The number of rotatable bonds is 8. The van der Waals surface area contributed by atoms with Crippen LogP contribution in [0.15, 0.2) is 83.8 Å². The maximum atomic E-state index is 12.8. The molecule has 0 atom stereocenters. The number of piperidine rings is 1. The molecule has 5 nitrogen and oxygen atoms in total. The Bertz CT molecular complexity index is 1170. The van der Waals surface area contributed by atoms with Crippen LogP contribution in [0, 0.1) is 0 Å². The van der Waals surface area contributed by atoms with Crippen molar-refractivity contribution >= 4 is 21.6 Å². The van der Waals surface area contributed by atoms with E-state index < -0.39 is 10.0 Å². The van der Waals surface area contributed by atoms with E-state index in [1.807, 2.05) is 54.6 Å². The van der Waals surface area contributed by atoms with Gasteiger partial charge in [-0.15, -0.1) is 0 Å². The Morgan fingerprint density at radius 1 is 0.788 bits per heavy atom. The standard InChI is InChI=1S/C27H30N2O3S/c30-27(28-26-12-6-5-11-24(26)21-23-9-3-1-4-10-23)18-15-22-13-16-25(17-14-22)33(31,32)29-19-7-2-8-20-29/h1,3-6,9-14,16-17H,2,7-8,15,18-21H2,(H,28,30). The van der Waals surface area contributed by atoms with Gasteiger partial charge in [-0.3, -0.25) is 4.79 Å². The summed E-state index contributed by atoms with van der Waals surface area (Å²) in [7, 11) is -3.43. The summed E-state index contributed by atoms with van der Waals surface area (Å²) < 4.78 is 27.2. The van der Waals surface area contributed by atoms with Crippen molar-refractivity contribution in [2.45, 2.75) is 43.4 Å². The maximum absolute atomic E-state index is 12.8. The lowest BCUT2D eigenvalue weighted by molar-refractivity contribution is -0.116. The van der Waals surface area contributed by atoms with Crippen molar-refractivity contribution < 1.29 is 13.2 Å². The van der Waals surface area contributed by atoms with Crippen molar-refractivity contribution in [3.63, 3.8) is 0 Å². The zero-order chi connectivity index (χ0) is 23.1.